The third-order valence-corrected chi connectivity index (χ3v) is 17.1. The number of nitrogens with two attached hydrogens (primary N) is 1. The van der Waals surface area contributed by atoms with Crippen molar-refractivity contribution >= 4 is 17.7 Å². The number of Topliss-reactive ketones (excluding diaryl/α,β-unsaturated/α-hetero) is 1. The summed E-state index contributed by atoms with van der Waals surface area (Å²) in [7, 11) is 4.20. The van der Waals surface area contributed by atoms with Gasteiger partial charge in [0.25, 0.3) is 0 Å². The van der Waals surface area contributed by atoms with E-state index in [1.54, 1.807) is 13.8 Å². The standard InChI is InChI=1S/C48H75N3O5/c1-31(2)40-34(52)27-48(37(53)30-51(26-25-50(10)11)29-32-15-13-12-14-16-32)24-23-46(8)33(41(40)48)17-18-36-45(7)21-20-38(56-39(54)28-43(3,4)42(49)55)44(5,6)35(45)19-22-47(36,46)9/h12-16,31,33,35-38,53H,17-30H2,1-11H3,(H2,49,55). The molecular formula is C48H75N3O5. The lowest BCUT2D eigenvalue weighted by atomic mass is 9.33. The van der Waals surface area contributed by atoms with Crippen LogP contribution in [0, 0.1) is 56.2 Å². The lowest BCUT2D eigenvalue weighted by molar-refractivity contribution is -0.235. The number of rotatable bonds is 13. The zero-order valence-corrected chi connectivity index (χ0v) is 36.8. The topological polar surface area (TPSA) is 113 Å². The lowest BCUT2D eigenvalue weighted by Crippen LogP contribution is -2.66. The Morgan fingerprint density at radius 1 is 0.911 bits per heavy atom. The molecule has 0 heterocycles. The molecule has 9 atom stereocenters. The number of esters is 1. The number of nitrogens with zero attached hydrogens (tertiary/aromatic N) is 2. The van der Waals surface area contributed by atoms with E-state index < -0.39 is 22.8 Å². The number of fused-ring (bicyclic) bond motifs is 7. The molecule has 8 nitrogen and oxygen atoms in total. The van der Waals surface area contributed by atoms with E-state index in [4.69, 9.17) is 10.5 Å². The van der Waals surface area contributed by atoms with Crippen molar-refractivity contribution in [2.24, 2.45) is 61.9 Å². The summed E-state index contributed by atoms with van der Waals surface area (Å²) in [5.74, 6) is 0.720. The molecule has 56 heavy (non-hydrogen) atoms. The first-order valence-corrected chi connectivity index (χ1v) is 21.9. The van der Waals surface area contributed by atoms with Crippen molar-refractivity contribution in [3.05, 3.63) is 47.0 Å². The summed E-state index contributed by atoms with van der Waals surface area (Å²) in [5.41, 5.74) is 7.66. The van der Waals surface area contributed by atoms with Gasteiger partial charge >= 0.3 is 5.97 Å². The number of benzene rings is 1. The SMILES string of the molecule is CC(C)C1=C2C3CCC4C5(C)CCC(OC(=O)CC(C)(C)C(N)=O)C(C)(C)C5CCC4(C)C3(C)CCC2(C(O)CN(CCN(C)C)Cc2ccccc2)CC1=O. The van der Waals surface area contributed by atoms with Crippen molar-refractivity contribution in [1.82, 2.24) is 9.80 Å². The summed E-state index contributed by atoms with van der Waals surface area (Å²) in [6.45, 7) is 23.2. The molecule has 0 aliphatic heterocycles. The van der Waals surface area contributed by atoms with E-state index in [1.165, 1.54) is 11.1 Å². The minimum Gasteiger partial charge on any atom is -0.462 e. The van der Waals surface area contributed by atoms with Crippen molar-refractivity contribution in [3.63, 3.8) is 0 Å². The molecule has 1 aromatic rings. The second-order valence-electron chi connectivity index (χ2n) is 21.7. The van der Waals surface area contributed by atoms with Gasteiger partial charge in [-0.05, 0) is 117 Å². The Bertz CT molecular complexity index is 1680. The van der Waals surface area contributed by atoms with Gasteiger partial charge in [0.05, 0.1) is 17.9 Å². The normalized spacial score (nSPS) is 35.9. The molecule has 1 amide bonds. The van der Waals surface area contributed by atoms with E-state index in [2.05, 4.69) is 103 Å². The van der Waals surface area contributed by atoms with Crippen LogP contribution < -0.4 is 5.73 Å². The Labute approximate surface area is 338 Å². The van der Waals surface area contributed by atoms with Gasteiger partial charge in [-0.15, -0.1) is 0 Å². The lowest BCUT2D eigenvalue weighted by Gasteiger charge is -2.72. The number of allylic oxidation sites excluding steroid dienone is 1. The molecule has 3 N–H and O–H groups in total. The molecule has 1 aromatic carbocycles. The van der Waals surface area contributed by atoms with Gasteiger partial charge in [0, 0.05) is 43.4 Å². The third kappa shape index (κ3) is 7.14. The molecule has 4 saturated carbocycles. The largest absolute Gasteiger partial charge is 0.462 e. The van der Waals surface area contributed by atoms with Crippen LogP contribution in [0.1, 0.15) is 132 Å². The minimum absolute atomic E-state index is 0.00431. The summed E-state index contributed by atoms with van der Waals surface area (Å²) < 4.78 is 6.25. The monoisotopic (exact) mass is 774 g/mol. The number of aliphatic hydroxyl groups excluding tert-OH is 1. The highest BCUT2D eigenvalue weighted by molar-refractivity contribution is 6.00. The van der Waals surface area contributed by atoms with Crippen molar-refractivity contribution in [2.45, 2.75) is 145 Å². The fraction of sp³-hybridized carbons (Fsp3) is 0.771. The number of hydrogen-bond donors (Lipinski definition) is 2. The average Bonchev–Trinajstić information content (AvgIpc) is 3.42. The molecule has 5 aliphatic rings. The Balaban J connectivity index is 1.29. The molecule has 0 bridgehead atoms. The molecule has 0 saturated heterocycles. The Morgan fingerprint density at radius 2 is 1.59 bits per heavy atom. The zero-order chi connectivity index (χ0) is 41.2. The number of aliphatic hydroxyl groups is 1. The van der Waals surface area contributed by atoms with Crippen LogP contribution in [-0.2, 0) is 25.7 Å². The van der Waals surface area contributed by atoms with Crippen LogP contribution >= 0.6 is 0 Å². The van der Waals surface area contributed by atoms with Gasteiger partial charge in [0.2, 0.25) is 5.91 Å². The Morgan fingerprint density at radius 3 is 2.21 bits per heavy atom. The second-order valence-corrected chi connectivity index (χ2v) is 21.7. The van der Waals surface area contributed by atoms with Gasteiger partial charge < -0.3 is 20.5 Å². The van der Waals surface area contributed by atoms with Crippen LogP contribution in [0.15, 0.2) is 41.5 Å². The summed E-state index contributed by atoms with van der Waals surface area (Å²) >= 11 is 0. The molecule has 0 aromatic heterocycles. The number of amides is 1. The minimum atomic E-state index is -0.943. The molecule has 8 heteroatoms. The first-order chi connectivity index (χ1) is 26.0. The van der Waals surface area contributed by atoms with Crippen molar-refractivity contribution in [1.29, 1.82) is 0 Å². The van der Waals surface area contributed by atoms with Crippen LogP contribution in [0.25, 0.3) is 0 Å². The molecular weight excluding hydrogens is 699 g/mol. The zero-order valence-electron chi connectivity index (χ0n) is 36.8. The summed E-state index contributed by atoms with van der Waals surface area (Å²) in [6.07, 6.45) is 7.60. The highest BCUT2D eigenvalue weighted by atomic mass is 16.5. The Kier molecular flexibility index (Phi) is 11.7. The van der Waals surface area contributed by atoms with Crippen LogP contribution in [0.3, 0.4) is 0 Å². The van der Waals surface area contributed by atoms with Gasteiger partial charge in [-0.1, -0.05) is 98.2 Å². The fourth-order valence-electron chi connectivity index (χ4n) is 13.8. The highest BCUT2D eigenvalue weighted by Crippen LogP contribution is 2.77. The number of hydrogen-bond acceptors (Lipinski definition) is 7. The molecule has 6 rings (SSSR count). The quantitative estimate of drug-likeness (QED) is 0.194. The van der Waals surface area contributed by atoms with Crippen molar-refractivity contribution in [3.8, 4) is 0 Å². The van der Waals surface area contributed by atoms with Crippen LogP contribution in [0.4, 0.5) is 0 Å². The number of likely N-dealkylation sites (N-methyl/N-ethyl adjacent to an activating group) is 1. The number of ether oxygens (including phenoxy) is 1. The molecule has 312 valence electrons. The van der Waals surface area contributed by atoms with E-state index in [-0.39, 0.29) is 57.8 Å². The third-order valence-electron chi connectivity index (χ3n) is 17.1. The van der Waals surface area contributed by atoms with Crippen molar-refractivity contribution in [2.75, 3.05) is 33.7 Å². The average molecular weight is 774 g/mol. The summed E-state index contributed by atoms with van der Waals surface area (Å²) in [5, 5.41) is 12.7. The first kappa shape index (κ1) is 43.0. The van der Waals surface area contributed by atoms with Crippen molar-refractivity contribution < 1.29 is 24.2 Å². The Hall–Kier alpha value is -2.55. The van der Waals surface area contributed by atoms with Crippen LogP contribution in [0.2, 0.25) is 0 Å². The van der Waals surface area contributed by atoms with E-state index in [0.717, 1.165) is 76.6 Å². The molecule has 5 aliphatic carbocycles. The second kappa shape index (κ2) is 15.2. The number of carbonyl (C=O) groups is 3. The summed E-state index contributed by atoms with van der Waals surface area (Å²) in [4.78, 5) is 44.1. The van der Waals surface area contributed by atoms with Gasteiger partial charge in [-0.25, -0.2) is 0 Å². The van der Waals surface area contributed by atoms with Gasteiger partial charge in [-0.3, -0.25) is 19.3 Å². The van der Waals surface area contributed by atoms with E-state index in [9.17, 15) is 19.5 Å². The first-order valence-electron chi connectivity index (χ1n) is 21.9. The fourth-order valence-corrected chi connectivity index (χ4v) is 13.8. The molecule has 9 unspecified atom stereocenters. The number of primary amides is 1. The van der Waals surface area contributed by atoms with Crippen LogP contribution in [-0.4, -0.2) is 78.5 Å². The number of ketones is 1. The van der Waals surface area contributed by atoms with Gasteiger partial charge in [0.15, 0.2) is 5.78 Å². The summed E-state index contributed by atoms with van der Waals surface area (Å²) in [6, 6.07) is 10.6. The predicted octanol–water partition coefficient (Wildman–Crippen LogP) is 8.21. The number of carbonyl (C=O) groups excluding carboxylic acids is 3. The smallest absolute Gasteiger partial charge is 0.307 e. The maximum Gasteiger partial charge on any atom is 0.307 e. The molecule has 0 radical (unpaired) electrons. The van der Waals surface area contributed by atoms with Gasteiger partial charge in [-0.2, -0.15) is 0 Å². The molecule has 0 spiro atoms. The van der Waals surface area contributed by atoms with E-state index in [1.807, 2.05) is 0 Å². The maximum atomic E-state index is 14.3. The predicted molar refractivity (Wildman–Crippen MR) is 223 cm³/mol. The maximum absolute atomic E-state index is 14.3. The highest BCUT2D eigenvalue weighted by Gasteiger charge is 2.71. The van der Waals surface area contributed by atoms with E-state index >= 15 is 0 Å². The molecule has 4 fully saturated rings. The van der Waals surface area contributed by atoms with Gasteiger partial charge in [0.1, 0.15) is 6.10 Å². The van der Waals surface area contributed by atoms with Crippen LogP contribution in [0.5, 0.6) is 0 Å². The van der Waals surface area contributed by atoms with E-state index in [0.29, 0.717) is 24.8 Å².